The summed E-state index contributed by atoms with van der Waals surface area (Å²) >= 11 is 7.40. The Morgan fingerprint density at radius 1 is 1.16 bits per heavy atom. The first-order valence-electron chi connectivity index (χ1n) is 9.68. The molecule has 1 aliphatic heterocycles. The van der Waals surface area contributed by atoms with Crippen LogP contribution in [0.2, 0.25) is 5.02 Å². The number of carbonyl (C=O) groups is 1. The quantitative estimate of drug-likeness (QED) is 0.547. The molecule has 1 saturated heterocycles. The molecular weight excluding hydrogens is 463 g/mol. The molecule has 1 aromatic heterocycles. The van der Waals surface area contributed by atoms with Crippen LogP contribution in [0.5, 0.6) is 5.75 Å². The van der Waals surface area contributed by atoms with Crippen molar-refractivity contribution in [3.8, 4) is 5.75 Å². The van der Waals surface area contributed by atoms with Gasteiger partial charge in [0.25, 0.3) is 5.91 Å². The van der Waals surface area contributed by atoms with E-state index in [2.05, 4.69) is 5.32 Å². The van der Waals surface area contributed by atoms with Crippen LogP contribution in [-0.4, -0.2) is 38.8 Å². The van der Waals surface area contributed by atoms with Crippen LogP contribution in [0.25, 0.3) is 10.1 Å². The van der Waals surface area contributed by atoms with Gasteiger partial charge in [0, 0.05) is 28.9 Å². The summed E-state index contributed by atoms with van der Waals surface area (Å²) in [7, 11) is -2.37. The predicted molar refractivity (Wildman–Crippen MR) is 120 cm³/mol. The molecule has 3 aromatic rings. The largest absolute Gasteiger partial charge is 0.495 e. The highest BCUT2D eigenvalue weighted by Gasteiger charge is 2.29. The molecule has 1 N–H and O–H groups in total. The number of benzene rings is 2. The molecular formula is C21H20ClFN2O4S2. The summed E-state index contributed by atoms with van der Waals surface area (Å²) < 4.78 is 47.1. The third-order valence-corrected chi connectivity index (χ3v) is 8.73. The first-order valence-corrected chi connectivity index (χ1v) is 12.3. The van der Waals surface area contributed by atoms with E-state index >= 15 is 0 Å². The zero-order chi connectivity index (χ0) is 22.2. The fraction of sp³-hybridized carbons (Fsp3) is 0.286. The van der Waals surface area contributed by atoms with Gasteiger partial charge >= 0.3 is 0 Å². The van der Waals surface area contributed by atoms with Crippen LogP contribution >= 0.6 is 22.9 Å². The Labute approximate surface area is 188 Å². The van der Waals surface area contributed by atoms with E-state index in [0.717, 1.165) is 30.6 Å². The Morgan fingerprint density at radius 3 is 2.61 bits per heavy atom. The lowest BCUT2D eigenvalue weighted by atomic mass is 10.2. The fourth-order valence-corrected chi connectivity index (χ4v) is 6.71. The number of piperidine rings is 1. The number of hydrogen-bond acceptors (Lipinski definition) is 5. The summed E-state index contributed by atoms with van der Waals surface area (Å²) in [6.45, 7) is 0.909. The molecule has 0 aliphatic carbocycles. The van der Waals surface area contributed by atoms with E-state index in [1.54, 1.807) is 6.07 Å². The smallest absolute Gasteiger partial charge is 0.267 e. The van der Waals surface area contributed by atoms with Crippen LogP contribution in [0.4, 0.5) is 10.1 Å². The van der Waals surface area contributed by atoms with Gasteiger partial charge in [-0.1, -0.05) is 18.0 Å². The molecule has 0 radical (unpaired) electrons. The Bertz CT molecular complexity index is 1250. The van der Waals surface area contributed by atoms with Crippen molar-refractivity contribution in [1.29, 1.82) is 0 Å². The number of ether oxygens (including phenoxy) is 1. The van der Waals surface area contributed by atoms with Crippen molar-refractivity contribution < 1.29 is 22.3 Å². The molecule has 10 heteroatoms. The van der Waals surface area contributed by atoms with Crippen LogP contribution < -0.4 is 10.1 Å². The van der Waals surface area contributed by atoms with Crippen LogP contribution in [-0.2, 0) is 10.0 Å². The number of hydrogen-bond donors (Lipinski definition) is 1. The molecule has 164 valence electrons. The van der Waals surface area contributed by atoms with E-state index in [-0.39, 0.29) is 20.5 Å². The molecule has 0 unspecified atom stereocenters. The highest BCUT2D eigenvalue weighted by Crippen LogP contribution is 2.37. The Hall–Kier alpha value is -2.20. The molecule has 0 spiro atoms. The average molecular weight is 483 g/mol. The molecule has 0 atom stereocenters. The molecule has 1 fully saturated rings. The topological polar surface area (TPSA) is 75.7 Å². The molecule has 31 heavy (non-hydrogen) atoms. The number of nitrogens with one attached hydrogen (secondary N) is 1. The molecule has 1 amide bonds. The molecule has 6 nitrogen and oxygen atoms in total. The highest BCUT2D eigenvalue weighted by atomic mass is 35.5. The molecule has 0 bridgehead atoms. The molecule has 0 saturated carbocycles. The number of nitrogens with zero attached hydrogens (tertiary/aromatic N) is 1. The minimum Gasteiger partial charge on any atom is -0.495 e. The number of anilines is 1. The number of fused-ring (bicyclic) bond motifs is 1. The number of thiophene rings is 1. The van der Waals surface area contributed by atoms with Crippen molar-refractivity contribution in [2.75, 3.05) is 25.5 Å². The summed E-state index contributed by atoms with van der Waals surface area (Å²) in [5.74, 6) is -0.711. The van der Waals surface area contributed by atoms with Gasteiger partial charge in [0.15, 0.2) is 0 Å². The van der Waals surface area contributed by atoms with E-state index in [1.807, 2.05) is 0 Å². The normalized spacial score (nSPS) is 15.2. The maximum atomic E-state index is 13.5. The van der Waals surface area contributed by atoms with Crippen LogP contribution in [0, 0.1) is 5.82 Å². The monoisotopic (exact) mass is 482 g/mol. The number of rotatable bonds is 5. The van der Waals surface area contributed by atoms with E-state index in [9.17, 15) is 17.6 Å². The lowest BCUT2D eigenvalue weighted by Crippen LogP contribution is -2.35. The number of amides is 1. The van der Waals surface area contributed by atoms with Gasteiger partial charge in [-0.2, -0.15) is 4.31 Å². The standard InChI is InChI=1S/C21H20ClFN2O4S2/c1-29-16-8-6-14(12-18(16)31(27,28)25-9-3-2-4-10-25)24-21(26)20-19(22)15-7-5-13(23)11-17(15)30-20/h5-8,11-12H,2-4,9-10H2,1H3,(H,24,26). The SMILES string of the molecule is COc1ccc(NC(=O)c2sc3cc(F)ccc3c2Cl)cc1S(=O)(=O)N1CCCCC1. The van der Waals surface area contributed by atoms with E-state index in [0.29, 0.717) is 28.9 Å². The minimum absolute atomic E-state index is 0.000733. The van der Waals surface area contributed by atoms with Gasteiger partial charge in [-0.25, -0.2) is 12.8 Å². The van der Waals surface area contributed by atoms with Gasteiger partial charge in [-0.15, -0.1) is 11.3 Å². The highest BCUT2D eigenvalue weighted by molar-refractivity contribution is 7.89. The maximum absolute atomic E-state index is 13.5. The Balaban J connectivity index is 1.66. The molecule has 1 aliphatic rings. The van der Waals surface area contributed by atoms with Crippen LogP contribution in [0.15, 0.2) is 41.3 Å². The average Bonchev–Trinajstić information content (AvgIpc) is 3.10. The third-order valence-electron chi connectivity index (χ3n) is 5.15. The second kappa shape index (κ2) is 8.74. The van der Waals surface area contributed by atoms with Crippen molar-refractivity contribution in [3.63, 3.8) is 0 Å². The van der Waals surface area contributed by atoms with Crippen LogP contribution in [0.3, 0.4) is 0 Å². The Morgan fingerprint density at radius 2 is 1.90 bits per heavy atom. The van der Waals surface area contributed by atoms with Crippen molar-refractivity contribution >= 4 is 54.6 Å². The van der Waals surface area contributed by atoms with E-state index < -0.39 is 21.7 Å². The van der Waals surface area contributed by atoms with Gasteiger partial charge in [0.05, 0.1) is 12.1 Å². The first-order chi connectivity index (χ1) is 14.8. The number of methoxy groups -OCH3 is 1. The number of halogens is 2. The zero-order valence-corrected chi connectivity index (χ0v) is 19.0. The van der Waals surface area contributed by atoms with E-state index in [4.69, 9.17) is 16.3 Å². The Kier molecular flexibility index (Phi) is 6.20. The van der Waals surface area contributed by atoms with Crippen molar-refractivity contribution in [2.24, 2.45) is 0 Å². The minimum atomic E-state index is -3.77. The lowest BCUT2D eigenvalue weighted by Gasteiger charge is -2.26. The van der Waals surface area contributed by atoms with Gasteiger partial charge < -0.3 is 10.1 Å². The summed E-state index contributed by atoms with van der Waals surface area (Å²) in [6.07, 6.45) is 2.62. The predicted octanol–water partition coefficient (Wildman–Crippen LogP) is 5.13. The molecule has 2 heterocycles. The lowest BCUT2D eigenvalue weighted by molar-refractivity contribution is 0.103. The number of sulfonamides is 1. The van der Waals surface area contributed by atoms with E-state index in [1.165, 1.54) is 41.7 Å². The van der Waals surface area contributed by atoms with Crippen molar-refractivity contribution in [1.82, 2.24) is 4.31 Å². The van der Waals surface area contributed by atoms with Crippen LogP contribution in [0.1, 0.15) is 28.9 Å². The van der Waals surface area contributed by atoms with Gasteiger partial charge in [-0.3, -0.25) is 4.79 Å². The first kappa shape index (κ1) is 22.0. The third kappa shape index (κ3) is 4.27. The fourth-order valence-electron chi connectivity index (χ4n) is 3.57. The molecule has 2 aromatic carbocycles. The zero-order valence-electron chi connectivity index (χ0n) is 16.7. The van der Waals surface area contributed by atoms with Crippen molar-refractivity contribution in [2.45, 2.75) is 24.2 Å². The maximum Gasteiger partial charge on any atom is 0.267 e. The second-order valence-electron chi connectivity index (χ2n) is 7.17. The summed E-state index contributed by atoms with van der Waals surface area (Å²) in [5.41, 5.74) is 0.293. The van der Waals surface area contributed by atoms with Gasteiger partial charge in [-0.05, 0) is 49.2 Å². The van der Waals surface area contributed by atoms with Gasteiger partial charge in [0.2, 0.25) is 10.0 Å². The van der Waals surface area contributed by atoms with Gasteiger partial charge in [0.1, 0.15) is 21.3 Å². The van der Waals surface area contributed by atoms with Crippen molar-refractivity contribution in [3.05, 3.63) is 52.1 Å². The second-order valence-corrected chi connectivity index (χ2v) is 10.5. The molecule has 4 rings (SSSR count). The summed E-state index contributed by atoms with van der Waals surface area (Å²) in [5, 5.41) is 3.51. The number of carbonyl (C=O) groups excluding carboxylic acids is 1. The summed E-state index contributed by atoms with van der Waals surface area (Å²) in [6, 6.07) is 8.59. The summed E-state index contributed by atoms with van der Waals surface area (Å²) in [4.78, 5) is 13.1.